The number of pyridine rings is 1. The summed E-state index contributed by atoms with van der Waals surface area (Å²) in [6, 6.07) is 3.15. The van der Waals surface area contributed by atoms with Gasteiger partial charge in [0, 0.05) is 61.2 Å². The maximum Gasteiger partial charge on any atom is 0.417 e. The van der Waals surface area contributed by atoms with Gasteiger partial charge in [-0.15, -0.1) is 0 Å². The molecule has 2 N–H and O–H groups in total. The fourth-order valence-corrected chi connectivity index (χ4v) is 5.11. The topological polar surface area (TPSA) is 88.7 Å². The Morgan fingerprint density at radius 1 is 1.05 bits per heavy atom. The lowest BCUT2D eigenvalue weighted by molar-refractivity contribution is -0.138. The molecule has 1 fully saturated rings. The molecule has 0 aliphatic carbocycles. The van der Waals surface area contributed by atoms with E-state index in [4.69, 9.17) is 0 Å². The largest absolute Gasteiger partial charge is 0.417 e. The van der Waals surface area contributed by atoms with E-state index in [0.29, 0.717) is 30.4 Å². The van der Waals surface area contributed by atoms with E-state index >= 15 is 4.39 Å². The molecule has 0 unspecified atom stereocenters. The Bertz CT molecular complexity index is 1490. The van der Waals surface area contributed by atoms with Crippen LogP contribution in [0.2, 0.25) is 0 Å². The number of halogens is 4. The van der Waals surface area contributed by atoms with Gasteiger partial charge < -0.3 is 20.1 Å². The van der Waals surface area contributed by atoms with Crippen LogP contribution < -0.4 is 15.8 Å². The lowest BCUT2D eigenvalue weighted by atomic mass is 9.94. The van der Waals surface area contributed by atoms with Crippen LogP contribution in [0.1, 0.15) is 56.1 Å². The SMILES string of the molecule is C[C@@H]1CN(c2cc(F)c(C3=CCN(C(=O)C(C)(C)C)C=C3)cc2NC(=O)c2c[nH]c(=O)cc2C(F)(F)F)C[C@H](C)N1C. The molecule has 0 radical (unpaired) electrons. The lowest BCUT2D eigenvalue weighted by Crippen LogP contribution is -2.55. The Morgan fingerprint density at radius 2 is 1.69 bits per heavy atom. The third kappa shape index (κ3) is 6.43. The molecule has 1 aromatic carbocycles. The number of amides is 2. The Balaban J connectivity index is 1.76. The van der Waals surface area contributed by atoms with Gasteiger partial charge in [0.15, 0.2) is 0 Å². The van der Waals surface area contributed by atoms with Gasteiger partial charge in [0.1, 0.15) is 5.82 Å². The normalized spacial score (nSPS) is 20.0. The number of nitrogens with one attached hydrogen (secondary N) is 2. The van der Waals surface area contributed by atoms with Gasteiger partial charge in [-0.1, -0.05) is 26.8 Å². The van der Waals surface area contributed by atoms with E-state index in [9.17, 15) is 27.6 Å². The summed E-state index contributed by atoms with van der Waals surface area (Å²) in [6.07, 6.45) is 0.595. The van der Waals surface area contributed by atoms with E-state index in [-0.39, 0.29) is 35.8 Å². The molecule has 12 heteroatoms. The first-order valence-electron chi connectivity index (χ1n) is 13.6. The quantitative estimate of drug-likeness (QED) is 0.485. The third-order valence-electron chi connectivity index (χ3n) is 7.66. The zero-order valence-corrected chi connectivity index (χ0v) is 24.4. The van der Waals surface area contributed by atoms with E-state index in [2.05, 4.69) is 15.2 Å². The summed E-state index contributed by atoms with van der Waals surface area (Å²) in [7, 11) is 1.98. The monoisotopic (exact) mass is 589 g/mol. The second kappa shape index (κ2) is 11.4. The highest BCUT2D eigenvalue weighted by Gasteiger charge is 2.36. The van der Waals surface area contributed by atoms with Crippen molar-refractivity contribution in [1.29, 1.82) is 0 Å². The van der Waals surface area contributed by atoms with E-state index in [1.54, 1.807) is 39.1 Å². The van der Waals surface area contributed by atoms with Crippen molar-refractivity contribution in [3.63, 3.8) is 0 Å². The van der Waals surface area contributed by atoms with Crippen molar-refractivity contribution in [1.82, 2.24) is 14.8 Å². The minimum Gasteiger partial charge on any atom is -0.367 e. The molecule has 2 atom stereocenters. The second-order valence-corrected chi connectivity index (χ2v) is 11.9. The van der Waals surface area contributed by atoms with Gasteiger partial charge in [-0.25, -0.2) is 4.39 Å². The highest BCUT2D eigenvalue weighted by molar-refractivity contribution is 6.07. The molecule has 0 saturated carbocycles. The summed E-state index contributed by atoms with van der Waals surface area (Å²) in [4.78, 5) is 45.3. The number of aromatic amines is 1. The Kier molecular flexibility index (Phi) is 8.41. The number of allylic oxidation sites excluding steroid dienone is 2. The zero-order valence-electron chi connectivity index (χ0n) is 24.4. The van der Waals surface area contributed by atoms with Gasteiger partial charge in [-0.05, 0) is 44.7 Å². The number of piperazine rings is 1. The number of hydrogen-bond donors (Lipinski definition) is 2. The van der Waals surface area contributed by atoms with Crippen molar-refractivity contribution in [3.05, 3.63) is 75.6 Å². The molecule has 226 valence electrons. The highest BCUT2D eigenvalue weighted by atomic mass is 19.4. The number of likely N-dealkylation sites (N-methyl/N-ethyl adjacent to an activating group) is 1. The van der Waals surface area contributed by atoms with E-state index < -0.39 is 40.0 Å². The Labute approximate surface area is 241 Å². The van der Waals surface area contributed by atoms with Crippen LogP contribution in [0.3, 0.4) is 0 Å². The van der Waals surface area contributed by atoms with Crippen molar-refractivity contribution >= 4 is 28.8 Å². The van der Waals surface area contributed by atoms with Crippen molar-refractivity contribution in [3.8, 4) is 0 Å². The number of nitrogens with zero attached hydrogens (tertiary/aromatic N) is 3. The smallest absolute Gasteiger partial charge is 0.367 e. The van der Waals surface area contributed by atoms with Gasteiger partial charge in [-0.3, -0.25) is 19.3 Å². The van der Waals surface area contributed by atoms with E-state index in [1.807, 2.05) is 25.8 Å². The summed E-state index contributed by atoms with van der Waals surface area (Å²) < 4.78 is 56.8. The molecular weight excluding hydrogens is 554 g/mol. The van der Waals surface area contributed by atoms with E-state index in [0.717, 1.165) is 6.20 Å². The van der Waals surface area contributed by atoms with E-state index in [1.165, 1.54) is 17.0 Å². The van der Waals surface area contributed by atoms with Gasteiger partial charge >= 0.3 is 6.18 Å². The summed E-state index contributed by atoms with van der Waals surface area (Å²) in [5.74, 6) is -1.81. The fraction of sp³-hybridized carbons (Fsp3) is 0.433. The third-order valence-corrected chi connectivity index (χ3v) is 7.66. The molecule has 1 aromatic heterocycles. The van der Waals surface area contributed by atoms with Crippen molar-refractivity contribution in [2.45, 2.75) is 52.9 Å². The van der Waals surface area contributed by atoms with Crippen molar-refractivity contribution in [2.24, 2.45) is 5.41 Å². The van der Waals surface area contributed by atoms with Crippen LogP contribution in [0, 0.1) is 11.2 Å². The molecule has 2 aliphatic heterocycles. The average Bonchev–Trinajstić information content (AvgIpc) is 2.90. The first kappa shape index (κ1) is 31.0. The number of hydrogen-bond acceptors (Lipinski definition) is 5. The van der Waals surface area contributed by atoms with Crippen LogP contribution >= 0.6 is 0 Å². The first-order valence-corrected chi connectivity index (χ1v) is 13.6. The molecule has 3 heterocycles. The van der Waals surface area contributed by atoms with Gasteiger partial charge in [0.25, 0.3) is 5.91 Å². The minimum absolute atomic E-state index is 0.0754. The zero-order chi connectivity index (χ0) is 31.1. The maximum atomic E-state index is 15.7. The van der Waals surface area contributed by atoms with Crippen molar-refractivity contribution < 1.29 is 27.2 Å². The van der Waals surface area contributed by atoms with Crippen LogP contribution in [0.25, 0.3) is 5.57 Å². The summed E-state index contributed by atoms with van der Waals surface area (Å²) >= 11 is 0. The predicted molar refractivity (Wildman–Crippen MR) is 154 cm³/mol. The number of H-pyrrole nitrogens is 1. The molecule has 2 aliphatic rings. The number of rotatable bonds is 4. The molecule has 2 aromatic rings. The number of anilines is 2. The van der Waals surface area contributed by atoms with Gasteiger partial charge in [-0.2, -0.15) is 13.2 Å². The number of alkyl halides is 3. The average molecular weight is 590 g/mol. The van der Waals surface area contributed by atoms with Crippen LogP contribution in [0.15, 0.2) is 47.5 Å². The number of aromatic nitrogens is 1. The molecule has 42 heavy (non-hydrogen) atoms. The molecule has 2 amide bonds. The number of benzene rings is 1. The standard InChI is InChI=1S/C30H35F4N5O3/c1-17-15-39(16-18(2)37(17)6)25-13-23(31)20(19-7-9-38(10-8-19)28(42)29(3,4)5)11-24(25)36-27(41)21-14-35-26(40)12-22(21)30(32,33)34/h7-9,11-14,17-18H,10,15-16H2,1-6H3,(H,35,40)(H,36,41)/t17-,18+. The molecule has 0 bridgehead atoms. The Hall–Kier alpha value is -3.93. The Morgan fingerprint density at radius 3 is 2.24 bits per heavy atom. The minimum atomic E-state index is -4.95. The summed E-state index contributed by atoms with van der Waals surface area (Å²) in [6.45, 7) is 10.6. The maximum absolute atomic E-state index is 15.7. The molecule has 8 nitrogen and oxygen atoms in total. The van der Waals surface area contributed by atoms with Crippen LogP contribution in [0.4, 0.5) is 28.9 Å². The molecule has 0 spiro atoms. The van der Waals surface area contributed by atoms with Gasteiger partial charge in [0.2, 0.25) is 11.5 Å². The molecule has 1 saturated heterocycles. The molecular formula is C30H35F4N5O3. The van der Waals surface area contributed by atoms with Crippen molar-refractivity contribution in [2.75, 3.05) is 36.9 Å². The summed E-state index contributed by atoms with van der Waals surface area (Å²) in [5, 5.41) is 2.55. The van der Waals surface area contributed by atoms with Gasteiger partial charge in [0.05, 0.1) is 22.5 Å². The number of carbonyl (C=O) groups excluding carboxylic acids is 2. The highest BCUT2D eigenvalue weighted by Crippen LogP contribution is 2.37. The second-order valence-electron chi connectivity index (χ2n) is 11.9. The first-order chi connectivity index (χ1) is 19.5. The van der Waals surface area contributed by atoms with Crippen LogP contribution in [-0.4, -0.2) is 65.4 Å². The lowest BCUT2D eigenvalue weighted by Gasteiger charge is -2.44. The summed E-state index contributed by atoms with van der Waals surface area (Å²) in [5.41, 5.74) is -2.77. The van der Waals surface area contributed by atoms with Crippen LogP contribution in [0.5, 0.6) is 0 Å². The number of carbonyl (C=O) groups is 2. The molecule has 4 rings (SSSR count). The van der Waals surface area contributed by atoms with Crippen LogP contribution in [-0.2, 0) is 11.0 Å². The predicted octanol–water partition coefficient (Wildman–Crippen LogP) is 5.10. The fourth-order valence-electron chi connectivity index (χ4n) is 5.11.